The van der Waals surface area contributed by atoms with E-state index in [0.29, 0.717) is 21.6 Å². The number of amides is 1. The molecule has 0 atom stereocenters. The number of hydrogen-bond acceptors (Lipinski definition) is 1. The van der Waals surface area contributed by atoms with Crippen LogP contribution in [0, 0.1) is 0 Å². The fraction of sp³-hybridized carbons (Fsp3) is 0.0714. The predicted octanol–water partition coefficient (Wildman–Crippen LogP) is 4.80. The van der Waals surface area contributed by atoms with E-state index in [1.165, 1.54) is 0 Å². The maximum absolute atomic E-state index is 12.0. The summed E-state index contributed by atoms with van der Waals surface area (Å²) in [6, 6.07) is 13.1. The van der Waals surface area contributed by atoms with Gasteiger partial charge in [0.15, 0.2) is 0 Å². The van der Waals surface area contributed by atoms with E-state index >= 15 is 0 Å². The quantitative estimate of drug-likeness (QED) is 0.784. The molecule has 5 heteroatoms. The minimum atomic E-state index is -0.189. The van der Waals surface area contributed by atoms with Crippen LogP contribution in [0.3, 0.4) is 0 Å². The Hall–Kier alpha value is -0.840. The number of hydrogen-bond donors (Lipinski definition) is 1. The van der Waals surface area contributed by atoms with E-state index in [9.17, 15) is 4.79 Å². The minimum absolute atomic E-state index is 0.189. The predicted molar refractivity (Wildman–Crippen MR) is 84.5 cm³/mol. The largest absolute Gasteiger partial charge is 0.348 e. The van der Waals surface area contributed by atoms with Gasteiger partial charge in [-0.2, -0.15) is 0 Å². The number of carbonyl (C=O) groups is 1. The van der Waals surface area contributed by atoms with Crippen molar-refractivity contribution in [2.75, 3.05) is 0 Å². The lowest BCUT2D eigenvalue weighted by molar-refractivity contribution is 0.0951. The second kappa shape index (κ2) is 6.55. The van der Waals surface area contributed by atoms with Crippen LogP contribution in [0.5, 0.6) is 0 Å². The lowest BCUT2D eigenvalue weighted by Crippen LogP contribution is -2.23. The van der Waals surface area contributed by atoms with E-state index in [1.54, 1.807) is 18.2 Å². The summed E-state index contributed by atoms with van der Waals surface area (Å²) in [5.41, 5.74) is 1.49. The third-order valence-corrected chi connectivity index (χ3v) is 4.33. The van der Waals surface area contributed by atoms with E-state index < -0.39 is 0 Å². The number of halogens is 3. The molecule has 0 saturated carbocycles. The number of nitrogens with one attached hydrogen (secondary N) is 1. The minimum Gasteiger partial charge on any atom is -0.348 e. The molecule has 0 fully saturated rings. The molecule has 98 valence electrons. The van der Waals surface area contributed by atoms with E-state index in [1.807, 2.05) is 24.3 Å². The first-order valence-corrected chi connectivity index (χ1v) is 7.51. The Labute approximate surface area is 133 Å². The van der Waals surface area contributed by atoms with Gasteiger partial charge in [-0.3, -0.25) is 4.79 Å². The summed E-state index contributed by atoms with van der Waals surface area (Å²) in [6.07, 6.45) is 0. The topological polar surface area (TPSA) is 29.1 Å². The molecule has 0 bridgehead atoms. The highest BCUT2D eigenvalue weighted by Crippen LogP contribution is 2.25. The maximum Gasteiger partial charge on any atom is 0.253 e. The average molecular weight is 404 g/mol. The van der Waals surface area contributed by atoms with Crippen molar-refractivity contribution in [3.05, 3.63) is 67.6 Å². The van der Waals surface area contributed by atoms with Gasteiger partial charge in [0.05, 0.1) is 10.6 Å². The SMILES string of the molecule is O=C(NCc1cccc(Br)c1)c1cccc(Br)c1Cl. The van der Waals surface area contributed by atoms with E-state index in [2.05, 4.69) is 37.2 Å². The molecule has 2 rings (SSSR count). The smallest absolute Gasteiger partial charge is 0.253 e. The Morgan fingerprint density at radius 2 is 1.89 bits per heavy atom. The zero-order valence-corrected chi connectivity index (χ0v) is 13.7. The first kappa shape index (κ1) is 14.6. The molecule has 0 aliphatic heterocycles. The van der Waals surface area contributed by atoms with E-state index in [0.717, 1.165) is 10.0 Å². The second-order valence-electron chi connectivity index (χ2n) is 3.91. The van der Waals surface area contributed by atoms with Gasteiger partial charge < -0.3 is 5.32 Å². The molecule has 0 radical (unpaired) electrons. The average Bonchev–Trinajstić information content (AvgIpc) is 2.39. The summed E-state index contributed by atoms with van der Waals surface area (Å²) in [7, 11) is 0. The van der Waals surface area contributed by atoms with Crippen molar-refractivity contribution in [2.24, 2.45) is 0 Å². The fourth-order valence-corrected chi connectivity index (χ4v) is 2.63. The van der Waals surface area contributed by atoms with Gasteiger partial charge in [0.25, 0.3) is 5.91 Å². The van der Waals surface area contributed by atoms with Crippen LogP contribution in [-0.2, 0) is 6.54 Å². The summed E-state index contributed by atoms with van der Waals surface area (Å²) < 4.78 is 1.70. The fourth-order valence-electron chi connectivity index (χ4n) is 1.60. The Bertz CT molecular complexity index is 616. The molecule has 0 saturated heterocycles. The molecule has 1 N–H and O–H groups in total. The molecule has 2 nitrogen and oxygen atoms in total. The van der Waals surface area contributed by atoms with Crippen LogP contribution < -0.4 is 5.32 Å². The van der Waals surface area contributed by atoms with E-state index in [-0.39, 0.29) is 5.91 Å². The Morgan fingerprint density at radius 1 is 1.16 bits per heavy atom. The van der Waals surface area contributed by atoms with Crippen LogP contribution in [0.4, 0.5) is 0 Å². The first-order valence-electron chi connectivity index (χ1n) is 5.54. The highest BCUT2D eigenvalue weighted by atomic mass is 79.9. The van der Waals surface area contributed by atoms with Crippen molar-refractivity contribution < 1.29 is 4.79 Å². The number of carbonyl (C=O) groups excluding carboxylic acids is 1. The molecule has 0 unspecified atom stereocenters. The van der Waals surface area contributed by atoms with Gasteiger partial charge in [0.2, 0.25) is 0 Å². The van der Waals surface area contributed by atoms with Crippen molar-refractivity contribution in [1.29, 1.82) is 0 Å². The highest BCUT2D eigenvalue weighted by molar-refractivity contribution is 9.10. The summed E-state index contributed by atoms with van der Waals surface area (Å²) >= 11 is 12.8. The van der Waals surface area contributed by atoms with Crippen LogP contribution in [0.1, 0.15) is 15.9 Å². The van der Waals surface area contributed by atoms with Gasteiger partial charge >= 0.3 is 0 Å². The Balaban J connectivity index is 2.08. The Kier molecular flexibility index (Phi) is 5.02. The number of benzene rings is 2. The molecule has 0 aliphatic rings. The van der Waals surface area contributed by atoms with Crippen LogP contribution in [-0.4, -0.2) is 5.91 Å². The van der Waals surface area contributed by atoms with Gasteiger partial charge in [-0.1, -0.05) is 45.7 Å². The van der Waals surface area contributed by atoms with Gasteiger partial charge in [0, 0.05) is 15.5 Å². The van der Waals surface area contributed by atoms with Gasteiger partial charge in [-0.15, -0.1) is 0 Å². The van der Waals surface area contributed by atoms with Crippen LogP contribution in [0.2, 0.25) is 5.02 Å². The molecular weight excluding hydrogens is 393 g/mol. The normalized spacial score (nSPS) is 10.3. The molecule has 2 aromatic carbocycles. The van der Waals surface area contributed by atoms with Crippen LogP contribution >= 0.6 is 43.5 Å². The zero-order valence-electron chi connectivity index (χ0n) is 9.79. The third-order valence-electron chi connectivity index (χ3n) is 2.54. The van der Waals surface area contributed by atoms with Crippen molar-refractivity contribution in [2.45, 2.75) is 6.54 Å². The van der Waals surface area contributed by atoms with Crippen molar-refractivity contribution in [3.63, 3.8) is 0 Å². The highest BCUT2D eigenvalue weighted by Gasteiger charge is 2.11. The molecule has 0 aliphatic carbocycles. The summed E-state index contributed by atoms with van der Waals surface area (Å²) in [5.74, 6) is -0.189. The Morgan fingerprint density at radius 3 is 2.63 bits per heavy atom. The zero-order chi connectivity index (χ0) is 13.8. The first-order chi connectivity index (χ1) is 9.08. The lowest BCUT2D eigenvalue weighted by Gasteiger charge is -2.08. The summed E-state index contributed by atoms with van der Waals surface area (Å²) in [5, 5.41) is 3.27. The van der Waals surface area contributed by atoms with Gasteiger partial charge in [-0.05, 0) is 45.8 Å². The standard InChI is InChI=1S/C14H10Br2ClNO/c15-10-4-1-3-9(7-10)8-18-14(19)11-5-2-6-12(16)13(11)17/h1-7H,8H2,(H,18,19). The number of rotatable bonds is 3. The molecule has 2 aromatic rings. The van der Waals surface area contributed by atoms with Crippen LogP contribution in [0.15, 0.2) is 51.4 Å². The van der Waals surface area contributed by atoms with E-state index in [4.69, 9.17) is 11.6 Å². The molecular formula is C14H10Br2ClNO. The van der Waals surface area contributed by atoms with Gasteiger partial charge in [-0.25, -0.2) is 0 Å². The molecule has 0 aromatic heterocycles. The van der Waals surface area contributed by atoms with Crippen molar-refractivity contribution in [1.82, 2.24) is 5.32 Å². The second-order valence-corrected chi connectivity index (χ2v) is 6.06. The summed E-state index contributed by atoms with van der Waals surface area (Å²) in [6.45, 7) is 0.459. The molecule has 19 heavy (non-hydrogen) atoms. The maximum atomic E-state index is 12.0. The lowest BCUT2D eigenvalue weighted by atomic mass is 10.2. The monoisotopic (exact) mass is 401 g/mol. The molecule has 0 heterocycles. The van der Waals surface area contributed by atoms with Gasteiger partial charge in [0.1, 0.15) is 0 Å². The molecule has 1 amide bonds. The van der Waals surface area contributed by atoms with Crippen molar-refractivity contribution >= 4 is 49.4 Å². The van der Waals surface area contributed by atoms with Crippen LogP contribution in [0.25, 0.3) is 0 Å². The van der Waals surface area contributed by atoms with Crippen molar-refractivity contribution in [3.8, 4) is 0 Å². The molecule has 0 spiro atoms. The third kappa shape index (κ3) is 3.81. The summed E-state index contributed by atoms with van der Waals surface area (Å²) in [4.78, 5) is 12.0.